The maximum atomic E-state index is 10.3. The molecule has 0 spiro atoms. The Morgan fingerprint density at radius 2 is 1.92 bits per heavy atom. The maximum Gasteiger partial charge on any atom is 1.00 e. The van der Waals surface area contributed by atoms with E-state index in [1.165, 1.54) is 12.8 Å². The molecule has 0 saturated heterocycles. The molecule has 0 aromatic heterocycles. The van der Waals surface area contributed by atoms with Crippen molar-refractivity contribution in [3.63, 3.8) is 0 Å². The topological polar surface area (TPSA) is 40.1 Å². The van der Waals surface area contributed by atoms with Crippen LogP contribution in [0.25, 0.3) is 0 Å². The fourth-order valence-electron chi connectivity index (χ4n) is 0.995. The summed E-state index contributed by atoms with van der Waals surface area (Å²) in [7, 11) is 0. The molecule has 0 aliphatic carbocycles. The Morgan fingerprint density at radius 3 is 2.33 bits per heavy atom. The average molecular weight is 196 g/mol. The molecule has 2 nitrogen and oxygen atoms in total. The Hall–Kier alpha value is 1.11. The number of hydrogen-bond donors (Lipinski definition) is 0. The predicted octanol–water partition coefficient (Wildman–Crippen LogP) is -1.65. The Bertz CT molecular complexity index is 115. The Labute approximate surface area is 118 Å². The molecule has 1 unspecified atom stereocenters. The molecule has 0 N–H and O–H groups in total. The first-order valence-electron chi connectivity index (χ1n) is 4.39. The van der Waals surface area contributed by atoms with Crippen molar-refractivity contribution in [2.75, 3.05) is 0 Å². The number of aliphatic carboxylic acids is 1. The SMILES string of the molecule is CCCCCCC(C)C(=O)[O-].[K+]. The van der Waals surface area contributed by atoms with Gasteiger partial charge in [-0.15, -0.1) is 0 Å². The number of hydrogen-bond acceptors (Lipinski definition) is 2. The summed E-state index contributed by atoms with van der Waals surface area (Å²) in [5, 5.41) is 10.3. The summed E-state index contributed by atoms with van der Waals surface area (Å²) >= 11 is 0. The minimum absolute atomic E-state index is 0. The van der Waals surface area contributed by atoms with Crippen molar-refractivity contribution in [1.29, 1.82) is 0 Å². The van der Waals surface area contributed by atoms with Gasteiger partial charge in [-0.3, -0.25) is 0 Å². The molecule has 0 rings (SSSR count). The molecule has 0 aliphatic heterocycles. The van der Waals surface area contributed by atoms with E-state index in [4.69, 9.17) is 0 Å². The van der Waals surface area contributed by atoms with Crippen LogP contribution in [0.4, 0.5) is 0 Å². The molecular weight excluding hydrogens is 179 g/mol. The van der Waals surface area contributed by atoms with Gasteiger partial charge in [-0.05, 0) is 12.3 Å². The number of unbranched alkanes of at least 4 members (excludes halogenated alkanes) is 3. The van der Waals surface area contributed by atoms with Gasteiger partial charge in [-0.1, -0.05) is 39.5 Å². The molecule has 0 radical (unpaired) electrons. The second-order valence-electron chi connectivity index (χ2n) is 3.07. The van der Waals surface area contributed by atoms with Crippen LogP contribution in [0.3, 0.4) is 0 Å². The standard InChI is InChI=1S/C9H18O2.K/c1-3-4-5-6-7-8(2)9(10)11;/h8H,3-7H2,1-2H3,(H,10,11);/q;+1/p-1. The second kappa shape index (κ2) is 10.2. The minimum Gasteiger partial charge on any atom is -0.550 e. The van der Waals surface area contributed by atoms with Crippen LogP contribution in [0.15, 0.2) is 0 Å². The zero-order chi connectivity index (χ0) is 8.69. The Balaban J connectivity index is 0. The summed E-state index contributed by atoms with van der Waals surface area (Å²) in [5.41, 5.74) is 0. The molecule has 0 fully saturated rings. The van der Waals surface area contributed by atoms with E-state index in [9.17, 15) is 9.90 Å². The average Bonchev–Trinajstić information content (AvgIpc) is 1.97. The van der Waals surface area contributed by atoms with Crippen LogP contribution in [0.1, 0.15) is 46.0 Å². The van der Waals surface area contributed by atoms with Crippen LogP contribution in [0.2, 0.25) is 0 Å². The van der Waals surface area contributed by atoms with E-state index >= 15 is 0 Å². The van der Waals surface area contributed by atoms with Crippen LogP contribution in [-0.4, -0.2) is 5.97 Å². The second-order valence-corrected chi connectivity index (χ2v) is 3.07. The van der Waals surface area contributed by atoms with E-state index < -0.39 is 5.97 Å². The fourth-order valence-corrected chi connectivity index (χ4v) is 0.995. The molecule has 0 aliphatic rings. The molecule has 0 aromatic rings. The van der Waals surface area contributed by atoms with Crippen LogP contribution in [-0.2, 0) is 4.79 Å². The number of carbonyl (C=O) groups is 1. The number of carboxylic acids is 1. The van der Waals surface area contributed by atoms with Crippen molar-refractivity contribution in [2.45, 2.75) is 46.0 Å². The minimum atomic E-state index is -0.915. The van der Waals surface area contributed by atoms with Crippen LogP contribution in [0, 0.1) is 5.92 Å². The third-order valence-corrected chi connectivity index (χ3v) is 1.89. The molecule has 1 atom stereocenters. The molecule has 0 amide bonds. The number of carboxylic acid groups (broad SMARTS) is 1. The summed E-state index contributed by atoms with van der Waals surface area (Å²) in [4.78, 5) is 10.3. The van der Waals surface area contributed by atoms with Gasteiger partial charge in [0.05, 0.1) is 0 Å². The van der Waals surface area contributed by atoms with Gasteiger partial charge in [0.2, 0.25) is 0 Å². The normalized spacial score (nSPS) is 11.8. The van der Waals surface area contributed by atoms with Gasteiger partial charge >= 0.3 is 51.4 Å². The summed E-state index contributed by atoms with van der Waals surface area (Å²) in [5.74, 6) is -1.19. The van der Waals surface area contributed by atoms with E-state index in [-0.39, 0.29) is 57.3 Å². The summed E-state index contributed by atoms with van der Waals surface area (Å²) in [6, 6.07) is 0. The van der Waals surface area contributed by atoms with Crippen molar-refractivity contribution >= 4 is 5.97 Å². The first-order chi connectivity index (χ1) is 5.18. The monoisotopic (exact) mass is 196 g/mol. The maximum absolute atomic E-state index is 10.3. The first kappa shape index (κ1) is 15.6. The van der Waals surface area contributed by atoms with Gasteiger partial charge in [0.25, 0.3) is 0 Å². The summed E-state index contributed by atoms with van der Waals surface area (Å²) in [6.45, 7) is 3.85. The van der Waals surface area contributed by atoms with Crippen LogP contribution in [0.5, 0.6) is 0 Å². The molecule has 66 valence electrons. The van der Waals surface area contributed by atoms with Crippen LogP contribution >= 0.6 is 0 Å². The smallest absolute Gasteiger partial charge is 0.550 e. The molecule has 0 saturated carbocycles. The predicted molar refractivity (Wildman–Crippen MR) is 42.9 cm³/mol. The van der Waals surface area contributed by atoms with Gasteiger partial charge in [0, 0.05) is 5.97 Å². The van der Waals surface area contributed by atoms with E-state index in [2.05, 4.69) is 6.92 Å². The van der Waals surface area contributed by atoms with Gasteiger partial charge in [-0.2, -0.15) is 0 Å². The van der Waals surface area contributed by atoms with E-state index in [1.54, 1.807) is 6.92 Å². The van der Waals surface area contributed by atoms with Gasteiger partial charge in [0.15, 0.2) is 0 Å². The quantitative estimate of drug-likeness (QED) is 0.377. The summed E-state index contributed by atoms with van der Waals surface area (Å²) < 4.78 is 0. The van der Waals surface area contributed by atoms with Crippen molar-refractivity contribution in [2.24, 2.45) is 5.92 Å². The Morgan fingerprint density at radius 1 is 1.33 bits per heavy atom. The zero-order valence-electron chi connectivity index (χ0n) is 8.43. The largest absolute Gasteiger partial charge is 1.00 e. The molecule has 12 heavy (non-hydrogen) atoms. The van der Waals surface area contributed by atoms with Crippen molar-refractivity contribution in [1.82, 2.24) is 0 Å². The van der Waals surface area contributed by atoms with Gasteiger partial charge in [0.1, 0.15) is 0 Å². The van der Waals surface area contributed by atoms with Crippen LogP contribution < -0.4 is 56.5 Å². The van der Waals surface area contributed by atoms with Crippen molar-refractivity contribution in [3.05, 3.63) is 0 Å². The van der Waals surface area contributed by atoms with Crippen molar-refractivity contribution < 1.29 is 61.3 Å². The third kappa shape index (κ3) is 9.20. The molecular formula is C9H17KO2. The van der Waals surface area contributed by atoms with Gasteiger partial charge < -0.3 is 9.90 Å². The number of carbonyl (C=O) groups excluding carboxylic acids is 1. The molecule has 3 heteroatoms. The van der Waals surface area contributed by atoms with Gasteiger partial charge in [-0.25, -0.2) is 0 Å². The summed E-state index contributed by atoms with van der Waals surface area (Å²) in [6.07, 6.45) is 5.33. The van der Waals surface area contributed by atoms with E-state index in [1.807, 2.05) is 0 Å². The molecule has 0 aromatic carbocycles. The van der Waals surface area contributed by atoms with E-state index in [0.29, 0.717) is 0 Å². The fraction of sp³-hybridized carbons (Fsp3) is 0.889. The van der Waals surface area contributed by atoms with Crippen molar-refractivity contribution in [3.8, 4) is 0 Å². The third-order valence-electron chi connectivity index (χ3n) is 1.89. The van der Waals surface area contributed by atoms with E-state index in [0.717, 1.165) is 19.3 Å². The number of rotatable bonds is 6. The molecule has 0 heterocycles. The zero-order valence-corrected chi connectivity index (χ0v) is 11.6. The molecule has 0 bridgehead atoms. The Kier molecular flexibility index (Phi) is 13.2. The first-order valence-corrected chi connectivity index (χ1v) is 4.39.